The summed E-state index contributed by atoms with van der Waals surface area (Å²) in [4.78, 5) is 0. The van der Waals surface area contributed by atoms with Crippen LogP contribution >= 0.6 is 0 Å². The fourth-order valence-electron chi connectivity index (χ4n) is 0.590. The molecule has 0 aromatic heterocycles. The van der Waals surface area contributed by atoms with Gasteiger partial charge in [0.25, 0.3) is 0 Å². The molecule has 0 aromatic rings. The van der Waals surface area contributed by atoms with Crippen molar-refractivity contribution in [3.63, 3.8) is 0 Å². The van der Waals surface area contributed by atoms with Crippen LogP contribution in [0.1, 0.15) is 32.6 Å². The number of rotatable bonds is 2. The second-order valence-electron chi connectivity index (χ2n) is 2.21. The Kier molecular flexibility index (Phi) is 43.8. The average Bonchev–Trinajstić information content (AvgIpc) is 2.44. The largest absolute Gasteiger partial charge is 4.00 e. The topological polar surface area (TPSA) is 0 Å². The van der Waals surface area contributed by atoms with Gasteiger partial charge in [-0.2, -0.15) is 12.5 Å². The minimum Gasteiger partial charge on any atom is -1.00 e. The third-order valence-electron chi connectivity index (χ3n) is 1.19. The molecule has 0 nitrogen and oxygen atoms in total. The number of hydrogen-bond donors (Lipinski definition) is 0. The van der Waals surface area contributed by atoms with Crippen molar-refractivity contribution in [2.45, 2.75) is 32.6 Å². The molecule has 74 valence electrons. The standard InChI is InChI=1S/C5H5.C5H11.Hf.2HI/c1-2-4-5-3-1;1-3-5-4-2;;;/h1-3H,4H2;1,3-5H2,2H3;;2*1H/q2*-1;+4;;/p-2. The van der Waals surface area contributed by atoms with Gasteiger partial charge in [-0.3, -0.25) is 6.08 Å². The molecule has 0 saturated carbocycles. The monoisotopic (exact) mass is 570 g/mol. The minimum absolute atomic E-state index is 0. The normalized spacial score (nSPS) is 10.0. The molecule has 0 saturated heterocycles. The first kappa shape index (κ1) is 24.2. The van der Waals surface area contributed by atoms with Gasteiger partial charge in [-0.25, -0.2) is 12.2 Å². The Hall–Kier alpha value is 1.81. The summed E-state index contributed by atoms with van der Waals surface area (Å²) in [5.74, 6) is 0. The van der Waals surface area contributed by atoms with E-state index >= 15 is 0 Å². The second kappa shape index (κ2) is 23.5. The summed E-state index contributed by atoms with van der Waals surface area (Å²) in [6, 6.07) is 0. The van der Waals surface area contributed by atoms with Gasteiger partial charge in [0.15, 0.2) is 0 Å². The first-order valence-corrected chi connectivity index (χ1v) is 3.92. The molecule has 0 heterocycles. The summed E-state index contributed by atoms with van der Waals surface area (Å²) in [6.07, 6.45) is 13.7. The van der Waals surface area contributed by atoms with Crippen molar-refractivity contribution in [3.8, 4) is 0 Å². The molecule has 3 heteroatoms. The maximum atomic E-state index is 3.68. The van der Waals surface area contributed by atoms with E-state index in [-0.39, 0.29) is 73.8 Å². The molecule has 0 atom stereocenters. The van der Waals surface area contributed by atoms with Crippen molar-refractivity contribution >= 4 is 0 Å². The Bertz CT molecular complexity index is 99.5. The van der Waals surface area contributed by atoms with Gasteiger partial charge in [0.05, 0.1) is 0 Å². The van der Waals surface area contributed by atoms with Gasteiger partial charge >= 0.3 is 25.8 Å². The van der Waals surface area contributed by atoms with Crippen molar-refractivity contribution < 1.29 is 73.8 Å². The van der Waals surface area contributed by atoms with E-state index in [4.69, 9.17) is 0 Å². The maximum Gasteiger partial charge on any atom is 4.00 e. The van der Waals surface area contributed by atoms with E-state index in [9.17, 15) is 0 Å². The third-order valence-corrected chi connectivity index (χ3v) is 1.19. The predicted octanol–water partition coefficient (Wildman–Crippen LogP) is -2.68. The van der Waals surface area contributed by atoms with Gasteiger partial charge in [0.2, 0.25) is 0 Å². The molecular formula is C10H16HfI2. The van der Waals surface area contributed by atoms with Crippen LogP contribution in [0.25, 0.3) is 0 Å². The minimum atomic E-state index is 0. The predicted molar refractivity (Wildman–Crippen MR) is 46.5 cm³/mol. The van der Waals surface area contributed by atoms with E-state index in [1.807, 2.05) is 12.2 Å². The Morgan fingerprint density at radius 2 is 2.00 bits per heavy atom. The zero-order chi connectivity index (χ0) is 7.66. The second-order valence-corrected chi connectivity index (χ2v) is 2.21. The van der Waals surface area contributed by atoms with Crippen LogP contribution < -0.4 is 48.0 Å². The number of unbranched alkanes of at least 4 members (excludes halogenated alkanes) is 2. The van der Waals surface area contributed by atoms with Gasteiger partial charge in [-0.05, 0) is 0 Å². The van der Waals surface area contributed by atoms with Crippen molar-refractivity contribution in [1.29, 1.82) is 0 Å². The zero-order valence-electron chi connectivity index (χ0n) is 8.02. The molecule has 0 amide bonds. The quantitative estimate of drug-likeness (QED) is 0.194. The molecule has 0 radical (unpaired) electrons. The Labute approximate surface area is 136 Å². The summed E-state index contributed by atoms with van der Waals surface area (Å²) < 4.78 is 0. The van der Waals surface area contributed by atoms with Crippen molar-refractivity contribution in [2.75, 3.05) is 0 Å². The molecule has 0 N–H and O–H groups in total. The number of halogens is 2. The molecule has 13 heavy (non-hydrogen) atoms. The average molecular weight is 569 g/mol. The first-order chi connectivity index (χ1) is 4.91. The van der Waals surface area contributed by atoms with Crippen LogP contribution in [-0.4, -0.2) is 0 Å². The molecule has 0 aliphatic heterocycles. The van der Waals surface area contributed by atoms with Crippen LogP contribution in [0.5, 0.6) is 0 Å². The molecule has 1 aliphatic carbocycles. The fourth-order valence-corrected chi connectivity index (χ4v) is 0.590. The van der Waals surface area contributed by atoms with Gasteiger partial charge in [0, 0.05) is 0 Å². The Morgan fingerprint density at radius 3 is 2.08 bits per heavy atom. The molecule has 1 rings (SSSR count). The molecular weight excluding hydrogens is 552 g/mol. The molecule has 0 spiro atoms. The third kappa shape index (κ3) is 24.8. The van der Waals surface area contributed by atoms with Crippen LogP contribution in [0.4, 0.5) is 0 Å². The zero-order valence-corrected chi connectivity index (χ0v) is 15.9. The van der Waals surface area contributed by atoms with Gasteiger partial charge < -0.3 is 54.9 Å². The first-order valence-electron chi connectivity index (χ1n) is 3.92. The summed E-state index contributed by atoms with van der Waals surface area (Å²) in [6.45, 7) is 5.85. The van der Waals surface area contributed by atoms with E-state index in [1.54, 1.807) is 0 Å². The van der Waals surface area contributed by atoms with Crippen molar-refractivity contribution in [2.24, 2.45) is 0 Å². The van der Waals surface area contributed by atoms with E-state index in [1.165, 1.54) is 12.8 Å². The summed E-state index contributed by atoms with van der Waals surface area (Å²) in [5.41, 5.74) is 0. The molecule has 0 unspecified atom stereocenters. The molecule has 1 aliphatic rings. The van der Waals surface area contributed by atoms with Gasteiger partial charge in [0.1, 0.15) is 0 Å². The SMILES string of the molecule is [C-]1=CC=CC1.[CH2-]CCCC.[Hf+4].[I-].[I-]. The van der Waals surface area contributed by atoms with Crippen LogP contribution in [0.2, 0.25) is 0 Å². The van der Waals surface area contributed by atoms with Crippen LogP contribution in [0.15, 0.2) is 18.2 Å². The smallest absolute Gasteiger partial charge is 1.00 e. The van der Waals surface area contributed by atoms with Gasteiger partial charge in [-0.15, -0.1) is 6.42 Å². The molecule has 0 bridgehead atoms. The maximum absolute atomic E-state index is 3.68. The summed E-state index contributed by atoms with van der Waals surface area (Å²) in [5, 5.41) is 0. The Morgan fingerprint density at radius 1 is 1.38 bits per heavy atom. The van der Waals surface area contributed by atoms with Crippen molar-refractivity contribution in [3.05, 3.63) is 31.2 Å². The molecule has 0 aromatic carbocycles. The summed E-state index contributed by atoms with van der Waals surface area (Å²) in [7, 11) is 0. The van der Waals surface area contributed by atoms with Crippen LogP contribution in [0.3, 0.4) is 0 Å². The Balaban J connectivity index is -0.0000000506. The van der Waals surface area contributed by atoms with E-state index in [0.29, 0.717) is 0 Å². The van der Waals surface area contributed by atoms with E-state index in [2.05, 4.69) is 26.0 Å². The van der Waals surface area contributed by atoms with E-state index in [0.717, 1.165) is 12.8 Å². The van der Waals surface area contributed by atoms with Crippen LogP contribution in [0, 0.1) is 13.0 Å². The van der Waals surface area contributed by atoms with E-state index < -0.39 is 0 Å². The van der Waals surface area contributed by atoms with Crippen LogP contribution in [-0.2, 0) is 25.8 Å². The summed E-state index contributed by atoms with van der Waals surface area (Å²) >= 11 is 0. The van der Waals surface area contributed by atoms with Crippen molar-refractivity contribution in [1.82, 2.24) is 0 Å². The number of allylic oxidation sites excluding steroid dienone is 4. The van der Waals surface area contributed by atoms with Gasteiger partial charge in [-0.1, -0.05) is 19.8 Å². The fraction of sp³-hybridized carbons (Fsp3) is 0.500. The number of hydrogen-bond acceptors (Lipinski definition) is 0. The molecule has 0 fully saturated rings.